The summed E-state index contributed by atoms with van der Waals surface area (Å²) in [7, 11) is 3.12. The Hall–Kier alpha value is -3.35. The number of hydrogen-bond acceptors (Lipinski definition) is 4. The molecule has 2 aromatic carbocycles. The van der Waals surface area contributed by atoms with Crippen LogP contribution in [0.5, 0.6) is 5.75 Å². The number of carbonyl (C=O) groups is 1. The number of nitrogens with zero attached hydrogens (tertiary/aromatic N) is 3. The molecule has 7 heteroatoms. The van der Waals surface area contributed by atoms with Crippen molar-refractivity contribution < 1.29 is 9.53 Å². The fraction of sp³-hybridized carbons (Fsp3) is 0.211. The molecular formula is C19H20N4O3. The van der Waals surface area contributed by atoms with Gasteiger partial charge >= 0.3 is 5.69 Å². The third kappa shape index (κ3) is 3.66. The maximum atomic E-state index is 12.8. The van der Waals surface area contributed by atoms with E-state index in [2.05, 4.69) is 10.4 Å². The van der Waals surface area contributed by atoms with Crippen molar-refractivity contribution in [3.8, 4) is 11.4 Å². The predicted molar refractivity (Wildman–Crippen MR) is 97.7 cm³/mol. The molecule has 0 saturated heterocycles. The number of amides is 1. The van der Waals surface area contributed by atoms with Crippen LogP contribution in [0.3, 0.4) is 0 Å². The number of hydrogen-bond donors (Lipinski definition) is 1. The second kappa shape index (κ2) is 7.69. The van der Waals surface area contributed by atoms with Gasteiger partial charge < -0.3 is 10.1 Å². The summed E-state index contributed by atoms with van der Waals surface area (Å²) in [5.74, 6) is 0.965. The standard InChI is InChI=1S/C19H20N4O3/c1-20-18(24)13-22-17(12-14-6-4-3-5-7-14)21-23(19(22)25)15-8-10-16(26-2)11-9-15/h3-11H,12-13H2,1-2H3,(H,20,24). The van der Waals surface area contributed by atoms with Crippen molar-refractivity contribution in [1.82, 2.24) is 19.7 Å². The lowest BCUT2D eigenvalue weighted by atomic mass is 10.1. The monoisotopic (exact) mass is 352 g/mol. The normalized spacial score (nSPS) is 10.5. The SMILES string of the molecule is CNC(=O)Cn1c(Cc2ccccc2)nn(-c2ccc(OC)cc2)c1=O. The number of methoxy groups -OCH3 is 1. The van der Waals surface area contributed by atoms with E-state index < -0.39 is 0 Å². The van der Waals surface area contributed by atoms with Crippen LogP contribution in [0.1, 0.15) is 11.4 Å². The van der Waals surface area contributed by atoms with E-state index in [9.17, 15) is 9.59 Å². The second-order valence-electron chi connectivity index (χ2n) is 5.73. The Kier molecular flexibility index (Phi) is 5.17. The van der Waals surface area contributed by atoms with Gasteiger partial charge in [0.2, 0.25) is 5.91 Å². The fourth-order valence-electron chi connectivity index (χ4n) is 2.62. The van der Waals surface area contributed by atoms with Crippen LogP contribution in [-0.4, -0.2) is 34.4 Å². The number of ether oxygens (including phenoxy) is 1. The summed E-state index contributed by atoms with van der Waals surface area (Å²) in [6.07, 6.45) is 0.455. The Morgan fingerprint density at radius 1 is 1.12 bits per heavy atom. The first-order valence-corrected chi connectivity index (χ1v) is 8.20. The highest BCUT2D eigenvalue weighted by molar-refractivity contribution is 5.75. The molecule has 0 atom stereocenters. The maximum absolute atomic E-state index is 12.8. The number of carbonyl (C=O) groups excluding carboxylic acids is 1. The van der Waals surface area contributed by atoms with E-state index in [4.69, 9.17) is 4.74 Å². The van der Waals surface area contributed by atoms with Crippen LogP contribution < -0.4 is 15.7 Å². The summed E-state index contributed by atoms with van der Waals surface area (Å²) in [6, 6.07) is 16.7. The molecule has 0 saturated carbocycles. The van der Waals surface area contributed by atoms with Gasteiger partial charge in [0.05, 0.1) is 12.8 Å². The van der Waals surface area contributed by atoms with Crippen LogP contribution in [0.2, 0.25) is 0 Å². The first-order valence-electron chi connectivity index (χ1n) is 8.20. The first-order chi connectivity index (χ1) is 12.6. The van der Waals surface area contributed by atoms with Crippen molar-refractivity contribution in [2.45, 2.75) is 13.0 Å². The summed E-state index contributed by atoms with van der Waals surface area (Å²) in [5.41, 5.74) is 1.27. The van der Waals surface area contributed by atoms with Crippen molar-refractivity contribution in [2.24, 2.45) is 0 Å². The van der Waals surface area contributed by atoms with Crippen molar-refractivity contribution in [2.75, 3.05) is 14.2 Å². The van der Waals surface area contributed by atoms with E-state index in [1.165, 1.54) is 16.3 Å². The van der Waals surface area contributed by atoms with Crippen molar-refractivity contribution in [3.63, 3.8) is 0 Å². The third-order valence-corrected chi connectivity index (χ3v) is 4.04. The van der Waals surface area contributed by atoms with Gasteiger partial charge in [-0.2, -0.15) is 4.68 Å². The van der Waals surface area contributed by atoms with Gasteiger partial charge in [0.25, 0.3) is 0 Å². The molecule has 1 heterocycles. The average Bonchev–Trinajstić information content (AvgIpc) is 2.98. The molecule has 0 bridgehead atoms. The Balaban J connectivity index is 2.03. The molecular weight excluding hydrogens is 332 g/mol. The highest BCUT2D eigenvalue weighted by atomic mass is 16.5. The molecule has 0 aliphatic carbocycles. The molecule has 0 unspecified atom stereocenters. The minimum absolute atomic E-state index is 0.0757. The highest BCUT2D eigenvalue weighted by Gasteiger charge is 2.17. The van der Waals surface area contributed by atoms with Gasteiger partial charge in [-0.3, -0.25) is 9.36 Å². The molecule has 1 N–H and O–H groups in total. The summed E-state index contributed by atoms with van der Waals surface area (Å²) in [4.78, 5) is 24.7. The van der Waals surface area contributed by atoms with Gasteiger partial charge in [-0.25, -0.2) is 4.79 Å². The summed E-state index contributed by atoms with van der Waals surface area (Å²) >= 11 is 0. The summed E-state index contributed by atoms with van der Waals surface area (Å²) in [5, 5.41) is 7.01. The minimum Gasteiger partial charge on any atom is -0.497 e. The number of benzene rings is 2. The number of rotatable bonds is 6. The van der Waals surface area contributed by atoms with Gasteiger partial charge in [-0.15, -0.1) is 5.10 Å². The molecule has 1 amide bonds. The zero-order chi connectivity index (χ0) is 18.5. The van der Waals surface area contributed by atoms with E-state index in [1.54, 1.807) is 31.4 Å². The summed E-state index contributed by atoms with van der Waals surface area (Å²) in [6.45, 7) is -0.0757. The van der Waals surface area contributed by atoms with Crippen molar-refractivity contribution >= 4 is 5.91 Å². The van der Waals surface area contributed by atoms with Gasteiger partial charge in [0, 0.05) is 13.5 Å². The van der Waals surface area contributed by atoms with Crippen LogP contribution in [-0.2, 0) is 17.8 Å². The molecule has 7 nitrogen and oxygen atoms in total. The Labute approximate surface area is 150 Å². The van der Waals surface area contributed by atoms with E-state index in [-0.39, 0.29) is 18.1 Å². The van der Waals surface area contributed by atoms with Crippen LogP contribution in [0.25, 0.3) is 5.69 Å². The summed E-state index contributed by atoms with van der Waals surface area (Å²) < 4.78 is 7.85. The molecule has 3 aromatic rings. The molecule has 0 aliphatic rings. The zero-order valence-electron chi connectivity index (χ0n) is 14.7. The quantitative estimate of drug-likeness (QED) is 0.727. The molecule has 1 aromatic heterocycles. The largest absolute Gasteiger partial charge is 0.497 e. The van der Waals surface area contributed by atoms with E-state index in [0.717, 1.165) is 5.56 Å². The topological polar surface area (TPSA) is 78.2 Å². The molecule has 0 fully saturated rings. The number of aromatic nitrogens is 3. The molecule has 0 radical (unpaired) electrons. The Morgan fingerprint density at radius 3 is 2.42 bits per heavy atom. The molecule has 3 rings (SSSR count). The fourth-order valence-corrected chi connectivity index (χ4v) is 2.62. The van der Waals surface area contributed by atoms with Gasteiger partial charge in [-0.05, 0) is 29.8 Å². The van der Waals surface area contributed by atoms with E-state index in [1.807, 2.05) is 30.3 Å². The van der Waals surface area contributed by atoms with Crippen LogP contribution in [0.15, 0.2) is 59.4 Å². The predicted octanol–water partition coefficient (Wildman–Crippen LogP) is 1.38. The maximum Gasteiger partial charge on any atom is 0.351 e. The first kappa shape index (κ1) is 17.5. The van der Waals surface area contributed by atoms with Crippen LogP contribution in [0, 0.1) is 0 Å². The van der Waals surface area contributed by atoms with Gasteiger partial charge in [0.15, 0.2) is 0 Å². The Bertz CT molecular complexity index is 943. The Morgan fingerprint density at radius 2 is 1.81 bits per heavy atom. The third-order valence-electron chi connectivity index (χ3n) is 4.04. The number of nitrogens with one attached hydrogen (secondary N) is 1. The van der Waals surface area contributed by atoms with Crippen molar-refractivity contribution in [1.29, 1.82) is 0 Å². The minimum atomic E-state index is -0.357. The lowest BCUT2D eigenvalue weighted by molar-refractivity contribution is -0.121. The molecule has 0 aliphatic heterocycles. The van der Waals surface area contributed by atoms with Crippen molar-refractivity contribution in [3.05, 3.63) is 76.5 Å². The zero-order valence-corrected chi connectivity index (χ0v) is 14.7. The second-order valence-corrected chi connectivity index (χ2v) is 5.73. The smallest absolute Gasteiger partial charge is 0.351 e. The van der Waals surface area contributed by atoms with Gasteiger partial charge in [-0.1, -0.05) is 30.3 Å². The van der Waals surface area contributed by atoms with Crippen LogP contribution in [0.4, 0.5) is 0 Å². The lowest BCUT2D eigenvalue weighted by Gasteiger charge is -2.04. The molecule has 26 heavy (non-hydrogen) atoms. The lowest BCUT2D eigenvalue weighted by Crippen LogP contribution is -2.32. The number of likely N-dealkylation sites (N-methyl/N-ethyl adjacent to an activating group) is 1. The molecule has 134 valence electrons. The average molecular weight is 352 g/mol. The van der Waals surface area contributed by atoms with Crippen LogP contribution >= 0.6 is 0 Å². The van der Waals surface area contributed by atoms with E-state index >= 15 is 0 Å². The van der Waals surface area contributed by atoms with Gasteiger partial charge in [0.1, 0.15) is 18.1 Å². The molecule has 0 spiro atoms. The van der Waals surface area contributed by atoms with E-state index in [0.29, 0.717) is 23.7 Å². The highest BCUT2D eigenvalue weighted by Crippen LogP contribution is 2.14.